The topological polar surface area (TPSA) is 40.5 Å². The standard InChI is InChI=1S/C11H16.BH3O2/c1-2-3-5-8-11-9-6-4-7-10-11;2-1-3/h4,6-7,9-10H,2-3,5,8H2,1H3;1-3H. The van der Waals surface area contributed by atoms with Crippen molar-refractivity contribution in [2.24, 2.45) is 0 Å². The van der Waals surface area contributed by atoms with Gasteiger partial charge in [0.2, 0.25) is 0 Å². The first-order valence-electron chi connectivity index (χ1n) is 5.10. The third-order valence-corrected chi connectivity index (χ3v) is 1.91. The lowest BCUT2D eigenvalue weighted by Crippen LogP contribution is -1.83. The Morgan fingerprint density at radius 2 is 1.64 bits per heavy atom. The zero-order valence-electron chi connectivity index (χ0n) is 8.82. The molecule has 2 nitrogen and oxygen atoms in total. The molecule has 0 aliphatic heterocycles. The Morgan fingerprint density at radius 1 is 1.07 bits per heavy atom. The summed E-state index contributed by atoms with van der Waals surface area (Å²) in [7, 11) is -0.750. The number of hydrogen-bond acceptors (Lipinski definition) is 2. The van der Waals surface area contributed by atoms with Crippen LogP contribution < -0.4 is 0 Å². The number of rotatable bonds is 4. The molecule has 1 rings (SSSR count). The van der Waals surface area contributed by atoms with Gasteiger partial charge in [-0.25, -0.2) is 0 Å². The predicted molar refractivity (Wildman–Crippen MR) is 61.3 cm³/mol. The van der Waals surface area contributed by atoms with Crippen molar-refractivity contribution < 1.29 is 10.0 Å². The van der Waals surface area contributed by atoms with Crippen LogP contribution in [0.4, 0.5) is 0 Å². The maximum Gasteiger partial charge on any atom is 0.432 e. The van der Waals surface area contributed by atoms with Crippen LogP contribution in [0.25, 0.3) is 0 Å². The van der Waals surface area contributed by atoms with E-state index in [0.29, 0.717) is 0 Å². The molecule has 1 aromatic carbocycles. The van der Waals surface area contributed by atoms with E-state index in [1.807, 2.05) is 0 Å². The lowest BCUT2D eigenvalue weighted by atomic mass is 10.1. The van der Waals surface area contributed by atoms with E-state index < -0.39 is 7.69 Å². The van der Waals surface area contributed by atoms with Crippen molar-refractivity contribution in [3.8, 4) is 0 Å². The van der Waals surface area contributed by atoms with Crippen LogP contribution >= 0.6 is 0 Å². The second-order valence-corrected chi connectivity index (χ2v) is 3.08. The van der Waals surface area contributed by atoms with Gasteiger partial charge in [-0.2, -0.15) is 0 Å². The SMILES string of the molecule is CCCCCc1ccccc1.OBO. The van der Waals surface area contributed by atoms with Gasteiger partial charge >= 0.3 is 7.69 Å². The monoisotopic (exact) mass is 194 g/mol. The van der Waals surface area contributed by atoms with Gasteiger partial charge in [0.1, 0.15) is 0 Å². The zero-order chi connectivity index (χ0) is 10.6. The first-order valence-corrected chi connectivity index (χ1v) is 5.10. The van der Waals surface area contributed by atoms with Gasteiger partial charge < -0.3 is 10.0 Å². The van der Waals surface area contributed by atoms with E-state index >= 15 is 0 Å². The van der Waals surface area contributed by atoms with Crippen molar-refractivity contribution in [3.05, 3.63) is 35.9 Å². The molecule has 0 atom stereocenters. The van der Waals surface area contributed by atoms with E-state index in [9.17, 15) is 0 Å². The quantitative estimate of drug-likeness (QED) is 0.565. The highest BCUT2D eigenvalue weighted by atomic mass is 16.4. The number of unbranched alkanes of at least 4 members (excludes halogenated alkanes) is 2. The number of hydrogen-bond donors (Lipinski definition) is 2. The molecule has 78 valence electrons. The van der Waals surface area contributed by atoms with Crippen LogP contribution in [0.5, 0.6) is 0 Å². The number of aryl methyl sites for hydroxylation is 1. The normalized spacial score (nSPS) is 8.79. The van der Waals surface area contributed by atoms with Gasteiger partial charge in [-0.3, -0.25) is 0 Å². The first kappa shape index (κ1) is 13.2. The van der Waals surface area contributed by atoms with Crippen LogP contribution in [-0.4, -0.2) is 17.7 Å². The molecule has 3 heteroatoms. The van der Waals surface area contributed by atoms with Gasteiger partial charge in [-0.05, 0) is 18.4 Å². The van der Waals surface area contributed by atoms with E-state index in [4.69, 9.17) is 10.0 Å². The van der Waals surface area contributed by atoms with Gasteiger partial charge in [0.25, 0.3) is 0 Å². The molecule has 0 spiro atoms. The van der Waals surface area contributed by atoms with E-state index in [1.165, 1.54) is 31.2 Å². The third kappa shape index (κ3) is 7.83. The Kier molecular flexibility index (Phi) is 9.70. The molecule has 0 saturated heterocycles. The summed E-state index contributed by atoms with van der Waals surface area (Å²) in [5.41, 5.74) is 1.47. The van der Waals surface area contributed by atoms with Crippen molar-refractivity contribution in [2.45, 2.75) is 32.6 Å². The van der Waals surface area contributed by atoms with E-state index in [-0.39, 0.29) is 0 Å². The summed E-state index contributed by atoms with van der Waals surface area (Å²) in [5.74, 6) is 0. The number of benzene rings is 1. The molecule has 0 aliphatic carbocycles. The molecule has 0 saturated carbocycles. The van der Waals surface area contributed by atoms with E-state index in [2.05, 4.69) is 37.3 Å². The summed E-state index contributed by atoms with van der Waals surface area (Å²) in [4.78, 5) is 0. The lowest BCUT2D eigenvalue weighted by molar-refractivity contribution is 0.448. The van der Waals surface area contributed by atoms with Gasteiger partial charge in [0.15, 0.2) is 0 Å². The van der Waals surface area contributed by atoms with Crippen molar-refractivity contribution in [2.75, 3.05) is 0 Å². The molecule has 0 heterocycles. The Hall–Kier alpha value is -0.795. The second kappa shape index (κ2) is 10.3. The molecule has 14 heavy (non-hydrogen) atoms. The molecule has 2 N–H and O–H groups in total. The van der Waals surface area contributed by atoms with Gasteiger partial charge in [-0.15, -0.1) is 0 Å². The zero-order valence-corrected chi connectivity index (χ0v) is 8.82. The average molecular weight is 194 g/mol. The predicted octanol–water partition coefficient (Wildman–Crippen LogP) is 1.66. The summed E-state index contributed by atoms with van der Waals surface area (Å²) in [6.07, 6.45) is 5.25. The highest BCUT2D eigenvalue weighted by Crippen LogP contribution is 2.05. The fourth-order valence-electron chi connectivity index (χ4n) is 1.22. The molecule has 0 unspecified atom stereocenters. The molecule has 0 aromatic heterocycles. The molecular formula is C11H19BO2. The molecular weight excluding hydrogens is 175 g/mol. The summed E-state index contributed by atoms with van der Waals surface area (Å²) in [6.45, 7) is 2.24. The van der Waals surface area contributed by atoms with Gasteiger partial charge in [0.05, 0.1) is 0 Å². The van der Waals surface area contributed by atoms with Crippen LogP contribution in [0.2, 0.25) is 0 Å². The fraction of sp³-hybridized carbons (Fsp3) is 0.455. The summed E-state index contributed by atoms with van der Waals surface area (Å²) < 4.78 is 0. The minimum atomic E-state index is -0.750. The minimum Gasteiger partial charge on any atom is -0.430 e. The van der Waals surface area contributed by atoms with Crippen molar-refractivity contribution in [3.63, 3.8) is 0 Å². The maximum absolute atomic E-state index is 7.12. The van der Waals surface area contributed by atoms with Crippen LogP contribution in [-0.2, 0) is 6.42 Å². The van der Waals surface area contributed by atoms with Gasteiger partial charge in [0, 0.05) is 0 Å². The maximum atomic E-state index is 7.12. The van der Waals surface area contributed by atoms with Crippen molar-refractivity contribution in [1.29, 1.82) is 0 Å². The molecule has 1 aromatic rings. The van der Waals surface area contributed by atoms with Crippen molar-refractivity contribution in [1.82, 2.24) is 0 Å². The molecule has 0 amide bonds. The highest BCUT2D eigenvalue weighted by Gasteiger charge is 1.89. The molecule has 0 aliphatic rings. The summed E-state index contributed by atoms with van der Waals surface area (Å²) >= 11 is 0. The van der Waals surface area contributed by atoms with Crippen LogP contribution in [0, 0.1) is 0 Å². The van der Waals surface area contributed by atoms with E-state index in [1.54, 1.807) is 0 Å². The third-order valence-electron chi connectivity index (χ3n) is 1.91. The smallest absolute Gasteiger partial charge is 0.430 e. The van der Waals surface area contributed by atoms with Crippen molar-refractivity contribution >= 4 is 7.69 Å². The Morgan fingerprint density at radius 3 is 2.14 bits per heavy atom. The first-order chi connectivity index (χ1) is 6.85. The lowest BCUT2D eigenvalue weighted by Gasteiger charge is -1.98. The molecule has 0 fully saturated rings. The molecule has 0 radical (unpaired) electrons. The summed E-state index contributed by atoms with van der Waals surface area (Å²) in [6, 6.07) is 10.7. The second-order valence-electron chi connectivity index (χ2n) is 3.08. The van der Waals surface area contributed by atoms with Crippen LogP contribution in [0.15, 0.2) is 30.3 Å². The summed E-state index contributed by atoms with van der Waals surface area (Å²) in [5, 5.41) is 14.2. The largest absolute Gasteiger partial charge is 0.432 e. The van der Waals surface area contributed by atoms with Crippen LogP contribution in [0.1, 0.15) is 31.7 Å². The Labute approximate surface area is 86.9 Å². The Bertz CT molecular complexity index is 202. The van der Waals surface area contributed by atoms with E-state index in [0.717, 1.165) is 0 Å². The highest BCUT2D eigenvalue weighted by molar-refractivity contribution is 6.13. The Balaban J connectivity index is 0.000000500. The molecule has 0 bridgehead atoms. The van der Waals surface area contributed by atoms with Crippen LogP contribution in [0.3, 0.4) is 0 Å². The fourth-order valence-corrected chi connectivity index (χ4v) is 1.22. The average Bonchev–Trinajstić information content (AvgIpc) is 2.21. The minimum absolute atomic E-state index is 0.750. The van der Waals surface area contributed by atoms with Gasteiger partial charge in [-0.1, -0.05) is 50.1 Å².